The lowest BCUT2D eigenvalue weighted by molar-refractivity contribution is 0.812. The molecule has 0 atom stereocenters. The van der Waals surface area contributed by atoms with Crippen LogP contribution in [0.4, 0.5) is 0 Å². The summed E-state index contributed by atoms with van der Waals surface area (Å²) < 4.78 is 0.261. The smallest absolute Gasteiger partial charge is 0.0365 e. The first-order valence-electron chi connectivity index (χ1n) is 3.31. The Balaban J connectivity index is 3.28. The Morgan fingerprint density at radius 2 is 1.90 bits per heavy atom. The third-order valence-corrected chi connectivity index (χ3v) is 4.13. The Labute approximate surface area is 77.5 Å². The minimum Gasteiger partial charge on any atom is -0.165 e. The fourth-order valence-corrected chi connectivity index (χ4v) is 2.30. The van der Waals surface area contributed by atoms with Crippen LogP contribution in [0.25, 0.3) is 0 Å². The quantitative estimate of drug-likeness (QED) is 0.492. The maximum atomic E-state index is 5.74. The van der Waals surface area contributed by atoms with E-state index >= 15 is 0 Å². The molecule has 0 fully saturated rings. The summed E-state index contributed by atoms with van der Waals surface area (Å²) in [4.78, 5) is 0. The molecule has 0 aliphatic heterocycles. The van der Waals surface area contributed by atoms with E-state index in [1.54, 1.807) is 0 Å². The van der Waals surface area contributed by atoms with Crippen LogP contribution in [0.3, 0.4) is 0 Å². The maximum Gasteiger partial charge on any atom is 0.0365 e. The molecule has 0 heterocycles. The minimum atomic E-state index is 0.261. The normalized spacial score (nSPS) is 12.0. The fraction of sp³-hybridized carbons (Fsp3) is 1.00. The highest BCUT2D eigenvalue weighted by atomic mass is 35.5. The molecule has 0 saturated heterocycles. The standard InChI is InChI=1S/C7H15ClS2/c1-7(2,6-8)10-5-4-9-3/h4-6H2,1-3H3. The van der Waals surface area contributed by atoms with Crippen molar-refractivity contribution in [1.29, 1.82) is 0 Å². The minimum absolute atomic E-state index is 0.261. The van der Waals surface area contributed by atoms with Gasteiger partial charge in [-0.25, -0.2) is 0 Å². The van der Waals surface area contributed by atoms with Crippen molar-refractivity contribution < 1.29 is 0 Å². The molecule has 0 radical (unpaired) electrons. The van der Waals surface area contributed by atoms with Gasteiger partial charge in [-0.3, -0.25) is 0 Å². The van der Waals surface area contributed by atoms with E-state index in [4.69, 9.17) is 11.6 Å². The van der Waals surface area contributed by atoms with Gasteiger partial charge in [0.2, 0.25) is 0 Å². The Morgan fingerprint density at radius 3 is 2.30 bits per heavy atom. The summed E-state index contributed by atoms with van der Waals surface area (Å²) in [6.45, 7) is 4.37. The van der Waals surface area contributed by atoms with E-state index in [9.17, 15) is 0 Å². The monoisotopic (exact) mass is 198 g/mol. The largest absolute Gasteiger partial charge is 0.165 e. The summed E-state index contributed by atoms with van der Waals surface area (Å²) in [7, 11) is 0. The van der Waals surface area contributed by atoms with Crippen LogP contribution in [-0.4, -0.2) is 28.4 Å². The van der Waals surface area contributed by atoms with E-state index in [-0.39, 0.29) is 4.75 Å². The second-order valence-corrected chi connectivity index (χ2v) is 5.79. The fourth-order valence-electron chi connectivity index (χ4n) is 0.440. The van der Waals surface area contributed by atoms with Crippen molar-refractivity contribution in [2.45, 2.75) is 18.6 Å². The Morgan fingerprint density at radius 1 is 1.30 bits per heavy atom. The van der Waals surface area contributed by atoms with Gasteiger partial charge in [0, 0.05) is 22.1 Å². The van der Waals surface area contributed by atoms with Crippen molar-refractivity contribution in [3.05, 3.63) is 0 Å². The lowest BCUT2D eigenvalue weighted by Gasteiger charge is -2.19. The highest BCUT2D eigenvalue weighted by molar-refractivity contribution is 8.03. The summed E-state index contributed by atoms with van der Waals surface area (Å²) in [5.41, 5.74) is 0. The molecule has 0 nitrogen and oxygen atoms in total. The SMILES string of the molecule is CSCCSC(C)(C)CCl. The molecule has 0 aromatic carbocycles. The molecule has 62 valence electrons. The summed E-state index contributed by atoms with van der Waals surface area (Å²) in [5, 5.41) is 0. The van der Waals surface area contributed by atoms with E-state index in [1.165, 1.54) is 11.5 Å². The summed E-state index contributed by atoms with van der Waals surface area (Å²) in [6, 6.07) is 0. The van der Waals surface area contributed by atoms with Gasteiger partial charge in [-0.05, 0) is 20.1 Å². The van der Waals surface area contributed by atoms with Crippen LogP contribution < -0.4 is 0 Å². The Bertz CT molecular complexity index is 83.7. The van der Waals surface area contributed by atoms with Crippen molar-refractivity contribution >= 4 is 35.1 Å². The van der Waals surface area contributed by atoms with E-state index in [0.717, 1.165) is 5.88 Å². The van der Waals surface area contributed by atoms with Gasteiger partial charge in [0.1, 0.15) is 0 Å². The predicted molar refractivity (Wildman–Crippen MR) is 55.6 cm³/mol. The number of hydrogen-bond acceptors (Lipinski definition) is 2. The Hall–Kier alpha value is 0.990. The number of alkyl halides is 1. The zero-order valence-electron chi connectivity index (χ0n) is 6.82. The molecule has 0 saturated carbocycles. The first-order chi connectivity index (χ1) is 4.62. The molecule has 0 bridgehead atoms. The van der Waals surface area contributed by atoms with Gasteiger partial charge in [-0.1, -0.05) is 0 Å². The van der Waals surface area contributed by atoms with Crippen LogP contribution in [0.2, 0.25) is 0 Å². The molecule has 10 heavy (non-hydrogen) atoms. The van der Waals surface area contributed by atoms with Gasteiger partial charge in [0.25, 0.3) is 0 Å². The molecule has 0 aliphatic carbocycles. The predicted octanol–water partition coefficient (Wildman–Crippen LogP) is 3.10. The van der Waals surface area contributed by atoms with Crippen molar-refractivity contribution in [3.63, 3.8) is 0 Å². The topological polar surface area (TPSA) is 0 Å². The van der Waals surface area contributed by atoms with Gasteiger partial charge in [0.15, 0.2) is 0 Å². The second-order valence-electron chi connectivity index (χ2n) is 2.73. The number of hydrogen-bond donors (Lipinski definition) is 0. The van der Waals surface area contributed by atoms with Crippen molar-refractivity contribution in [2.24, 2.45) is 0 Å². The molecule has 3 heteroatoms. The molecule has 0 rings (SSSR count). The van der Waals surface area contributed by atoms with Crippen LogP contribution in [0.5, 0.6) is 0 Å². The van der Waals surface area contributed by atoms with Crippen LogP contribution in [-0.2, 0) is 0 Å². The van der Waals surface area contributed by atoms with Gasteiger partial charge in [-0.15, -0.1) is 11.6 Å². The summed E-state index contributed by atoms with van der Waals surface area (Å²) in [5.74, 6) is 3.18. The van der Waals surface area contributed by atoms with Crippen LogP contribution in [0.15, 0.2) is 0 Å². The highest BCUT2D eigenvalue weighted by Gasteiger charge is 2.15. The van der Waals surface area contributed by atoms with E-state index < -0.39 is 0 Å². The molecule has 0 spiro atoms. The number of rotatable bonds is 5. The molecule has 0 unspecified atom stereocenters. The van der Waals surface area contributed by atoms with Gasteiger partial charge in [0.05, 0.1) is 0 Å². The highest BCUT2D eigenvalue weighted by Crippen LogP contribution is 2.25. The van der Waals surface area contributed by atoms with Gasteiger partial charge < -0.3 is 0 Å². The van der Waals surface area contributed by atoms with E-state index in [1.807, 2.05) is 23.5 Å². The van der Waals surface area contributed by atoms with Crippen LogP contribution >= 0.6 is 35.1 Å². The second kappa shape index (κ2) is 5.62. The lowest BCUT2D eigenvalue weighted by Crippen LogP contribution is -2.17. The average Bonchev–Trinajstić information content (AvgIpc) is 1.89. The van der Waals surface area contributed by atoms with Crippen LogP contribution in [0.1, 0.15) is 13.8 Å². The Kier molecular flexibility index (Phi) is 6.17. The summed E-state index contributed by atoms with van der Waals surface area (Å²) >= 11 is 9.58. The molecule has 0 aromatic rings. The zero-order chi connectivity index (χ0) is 8.04. The zero-order valence-corrected chi connectivity index (χ0v) is 9.20. The van der Waals surface area contributed by atoms with Gasteiger partial charge >= 0.3 is 0 Å². The molecule has 0 aromatic heterocycles. The van der Waals surface area contributed by atoms with Gasteiger partial charge in [-0.2, -0.15) is 23.5 Å². The molecule has 0 N–H and O–H groups in total. The molecular formula is C7H15ClS2. The molecule has 0 amide bonds. The van der Waals surface area contributed by atoms with E-state index in [2.05, 4.69) is 20.1 Å². The number of halogens is 1. The molecule has 0 aliphatic rings. The number of thioether (sulfide) groups is 2. The molecular weight excluding hydrogens is 184 g/mol. The third-order valence-electron chi connectivity index (χ3n) is 1.10. The lowest BCUT2D eigenvalue weighted by atomic mass is 10.2. The van der Waals surface area contributed by atoms with Crippen molar-refractivity contribution in [3.8, 4) is 0 Å². The van der Waals surface area contributed by atoms with Crippen molar-refractivity contribution in [2.75, 3.05) is 23.6 Å². The average molecular weight is 199 g/mol. The van der Waals surface area contributed by atoms with Crippen molar-refractivity contribution in [1.82, 2.24) is 0 Å². The maximum absolute atomic E-state index is 5.74. The third kappa shape index (κ3) is 5.75. The van der Waals surface area contributed by atoms with Crippen LogP contribution in [0, 0.1) is 0 Å². The summed E-state index contributed by atoms with van der Waals surface area (Å²) in [6.07, 6.45) is 2.13. The van der Waals surface area contributed by atoms with E-state index in [0.29, 0.717) is 0 Å². The first kappa shape index (κ1) is 11.0. The first-order valence-corrected chi connectivity index (χ1v) is 6.22.